The van der Waals surface area contributed by atoms with Crippen LogP contribution in [0.5, 0.6) is 11.5 Å². The molecule has 32 heavy (non-hydrogen) atoms. The zero-order chi connectivity index (χ0) is 23.0. The largest absolute Gasteiger partial charge is 0.495 e. The summed E-state index contributed by atoms with van der Waals surface area (Å²) in [5, 5.41) is 4.95. The van der Waals surface area contributed by atoms with Crippen molar-refractivity contribution in [3.05, 3.63) is 77.0 Å². The van der Waals surface area contributed by atoms with Crippen molar-refractivity contribution in [2.75, 3.05) is 14.2 Å². The highest BCUT2D eigenvalue weighted by molar-refractivity contribution is 7.16. The van der Waals surface area contributed by atoms with Crippen LogP contribution in [0.4, 0.5) is 0 Å². The van der Waals surface area contributed by atoms with Gasteiger partial charge in [-0.25, -0.2) is 0 Å². The Labute approximate surface area is 213 Å². The number of carbonyl (C=O) groups is 1. The number of methoxy groups -OCH3 is 2. The van der Waals surface area contributed by atoms with Gasteiger partial charge in [-0.3, -0.25) is 4.79 Å². The van der Waals surface area contributed by atoms with Crippen LogP contribution in [0, 0.1) is 0 Å². The lowest BCUT2D eigenvalue weighted by Crippen LogP contribution is -2.00. The molecule has 0 saturated heterocycles. The molecule has 0 saturated carbocycles. The molecular formula is C23H14Cl4O3S2. The van der Waals surface area contributed by atoms with E-state index >= 15 is 0 Å². The van der Waals surface area contributed by atoms with Crippen LogP contribution < -0.4 is 9.47 Å². The van der Waals surface area contributed by atoms with Crippen molar-refractivity contribution in [2.45, 2.75) is 0 Å². The van der Waals surface area contributed by atoms with Gasteiger partial charge in [-0.15, -0.1) is 22.7 Å². The van der Waals surface area contributed by atoms with Crippen molar-refractivity contribution in [3.8, 4) is 33.8 Å². The van der Waals surface area contributed by atoms with Gasteiger partial charge in [0.2, 0.25) is 5.78 Å². The van der Waals surface area contributed by atoms with Crippen LogP contribution in [0.15, 0.2) is 47.2 Å². The molecule has 0 unspecified atom stereocenters. The number of ether oxygens (including phenoxy) is 2. The quantitative estimate of drug-likeness (QED) is 0.227. The average Bonchev–Trinajstić information content (AvgIpc) is 3.47. The average molecular weight is 544 g/mol. The van der Waals surface area contributed by atoms with E-state index < -0.39 is 0 Å². The van der Waals surface area contributed by atoms with Crippen molar-refractivity contribution < 1.29 is 14.3 Å². The predicted octanol–water partition coefficient (Wildman–Crippen LogP) is 9.01. The van der Waals surface area contributed by atoms with E-state index in [1.165, 1.54) is 36.9 Å². The third-order valence-electron chi connectivity index (χ3n) is 4.86. The third kappa shape index (κ3) is 4.03. The van der Waals surface area contributed by atoms with Crippen molar-refractivity contribution in [2.24, 2.45) is 0 Å². The molecule has 0 aliphatic carbocycles. The maximum Gasteiger partial charge on any atom is 0.214 e. The molecule has 4 aromatic rings. The molecular weight excluding hydrogens is 530 g/mol. The minimum atomic E-state index is -0.133. The second-order valence-electron chi connectivity index (χ2n) is 6.54. The summed E-state index contributed by atoms with van der Waals surface area (Å²) in [6.45, 7) is 0. The second kappa shape index (κ2) is 9.64. The Bertz CT molecular complexity index is 1230. The fourth-order valence-corrected chi connectivity index (χ4v) is 6.07. The summed E-state index contributed by atoms with van der Waals surface area (Å²) in [5.74, 6) is 0.802. The van der Waals surface area contributed by atoms with Crippen LogP contribution in [-0.2, 0) is 0 Å². The van der Waals surface area contributed by atoms with Gasteiger partial charge in [0.25, 0.3) is 0 Å². The normalized spacial score (nSPS) is 10.9. The molecule has 2 heterocycles. The topological polar surface area (TPSA) is 35.5 Å². The van der Waals surface area contributed by atoms with Gasteiger partial charge < -0.3 is 9.47 Å². The van der Waals surface area contributed by atoms with E-state index in [1.807, 2.05) is 22.9 Å². The van der Waals surface area contributed by atoms with E-state index in [9.17, 15) is 4.79 Å². The number of hydrogen-bond acceptors (Lipinski definition) is 5. The Morgan fingerprint density at radius 2 is 1.03 bits per heavy atom. The molecule has 164 valence electrons. The van der Waals surface area contributed by atoms with Crippen LogP contribution in [0.2, 0.25) is 20.1 Å². The van der Waals surface area contributed by atoms with E-state index in [2.05, 4.69) is 0 Å². The van der Waals surface area contributed by atoms with Crippen LogP contribution >= 0.6 is 69.1 Å². The first-order valence-corrected chi connectivity index (χ1v) is 12.4. The Morgan fingerprint density at radius 3 is 1.41 bits per heavy atom. The standard InChI is InChI=1S/C23H14Cl4O3S2/c1-29-15-5-3-11(17(24)19(15)26)13-7-9-31-22(13)21(28)23-14(8-10-32-23)12-4-6-16(30-2)20(27)18(12)25/h3-10H,1-2H3. The van der Waals surface area contributed by atoms with E-state index in [4.69, 9.17) is 55.9 Å². The van der Waals surface area contributed by atoms with E-state index in [-0.39, 0.29) is 5.78 Å². The molecule has 3 nitrogen and oxygen atoms in total. The van der Waals surface area contributed by atoms with Crippen molar-refractivity contribution in [3.63, 3.8) is 0 Å². The minimum Gasteiger partial charge on any atom is -0.495 e. The molecule has 2 aromatic heterocycles. The number of halogens is 4. The Morgan fingerprint density at radius 1 is 0.625 bits per heavy atom. The van der Waals surface area contributed by atoms with Crippen molar-refractivity contribution in [1.29, 1.82) is 0 Å². The summed E-state index contributed by atoms with van der Waals surface area (Å²) in [7, 11) is 3.04. The van der Waals surface area contributed by atoms with Gasteiger partial charge in [-0.2, -0.15) is 0 Å². The maximum atomic E-state index is 13.6. The van der Waals surface area contributed by atoms with Crippen molar-refractivity contribution in [1.82, 2.24) is 0 Å². The van der Waals surface area contributed by atoms with Crippen LogP contribution in [0.3, 0.4) is 0 Å². The Balaban J connectivity index is 1.80. The molecule has 4 rings (SSSR count). The fourth-order valence-electron chi connectivity index (χ4n) is 3.29. The summed E-state index contributed by atoms with van der Waals surface area (Å²) in [6.07, 6.45) is 0. The zero-order valence-electron chi connectivity index (χ0n) is 16.7. The number of benzene rings is 2. The zero-order valence-corrected chi connectivity index (χ0v) is 21.3. The Kier molecular flexibility index (Phi) is 7.06. The highest BCUT2D eigenvalue weighted by atomic mass is 35.5. The molecule has 0 spiro atoms. The molecule has 0 aliphatic rings. The van der Waals surface area contributed by atoms with E-state index in [0.717, 1.165) is 0 Å². The lowest BCUT2D eigenvalue weighted by Gasteiger charge is -2.12. The second-order valence-corrected chi connectivity index (χ2v) is 9.89. The molecule has 0 amide bonds. The SMILES string of the molecule is COc1ccc(-c2ccsc2C(=O)c2sccc2-c2ccc(OC)c(Cl)c2Cl)c(Cl)c1Cl. The van der Waals surface area contributed by atoms with Crippen LogP contribution in [-0.4, -0.2) is 20.0 Å². The molecule has 9 heteroatoms. The molecule has 0 atom stereocenters. The number of carbonyl (C=O) groups excluding carboxylic acids is 1. The number of hydrogen-bond donors (Lipinski definition) is 0. The molecule has 0 radical (unpaired) electrons. The highest BCUT2D eigenvalue weighted by Crippen LogP contribution is 2.45. The molecule has 0 bridgehead atoms. The smallest absolute Gasteiger partial charge is 0.214 e. The van der Waals surface area contributed by atoms with Gasteiger partial charge in [-0.05, 0) is 47.2 Å². The first kappa shape index (κ1) is 23.4. The molecule has 2 aromatic carbocycles. The van der Waals surface area contributed by atoms with Gasteiger partial charge in [-0.1, -0.05) is 46.4 Å². The predicted molar refractivity (Wildman–Crippen MR) is 136 cm³/mol. The first-order valence-electron chi connectivity index (χ1n) is 9.13. The van der Waals surface area contributed by atoms with E-state index in [0.29, 0.717) is 63.6 Å². The summed E-state index contributed by atoms with van der Waals surface area (Å²) in [6, 6.07) is 10.7. The lowest BCUT2D eigenvalue weighted by atomic mass is 10.0. The monoisotopic (exact) mass is 542 g/mol. The van der Waals surface area contributed by atoms with Crippen molar-refractivity contribution >= 4 is 74.9 Å². The summed E-state index contributed by atoms with van der Waals surface area (Å²) in [5.41, 5.74) is 2.72. The van der Waals surface area contributed by atoms with Gasteiger partial charge >= 0.3 is 0 Å². The van der Waals surface area contributed by atoms with Gasteiger partial charge in [0.1, 0.15) is 21.5 Å². The first-order chi connectivity index (χ1) is 15.4. The van der Waals surface area contributed by atoms with E-state index in [1.54, 1.807) is 24.3 Å². The number of ketones is 1. The molecule has 0 N–H and O–H groups in total. The van der Waals surface area contributed by atoms with Crippen LogP contribution in [0.1, 0.15) is 14.5 Å². The maximum absolute atomic E-state index is 13.6. The fraction of sp³-hybridized carbons (Fsp3) is 0.0870. The summed E-state index contributed by atoms with van der Waals surface area (Å²) >= 11 is 28.4. The van der Waals surface area contributed by atoms with Gasteiger partial charge in [0, 0.05) is 22.3 Å². The molecule has 0 aliphatic heterocycles. The van der Waals surface area contributed by atoms with Gasteiger partial charge in [0.05, 0.1) is 34.0 Å². The Hall–Kier alpha value is -1.73. The minimum absolute atomic E-state index is 0.133. The lowest BCUT2D eigenvalue weighted by molar-refractivity contribution is 0.104. The summed E-state index contributed by atoms with van der Waals surface area (Å²) in [4.78, 5) is 14.7. The molecule has 0 fully saturated rings. The third-order valence-corrected chi connectivity index (χ3v) is 8.41. The van der Waals surface area contributed by atoms with Gasteiger partial charge in [0.15, 0.2) is 0 Å². The number of thiophene rings is 2. The van der Waals surface area contributed by atoms with Crippen LogP contribution in [0.25, 0.3) is 22.3 Å². The summed E-state index contributed by atoms with van der Waals surface area (Å²) < 4.78 is 10.5. The number of rotatable bonds is 6. The highest BCUT2D eigenvalue weighted by Gasteiger charge is 2.25.